The SMILES string of the molecule is CCNC(=O)CCN(CCN)Cc1ccccc1. The second-order valence-corrected chi connectivity index (χ2v) is 4.25. The summed E-state index contributed by atoms with van der Waals surface area (Å²) in [5.41, 5.74) is 6.86. The van der Waals surface area contributed by atoms with E-state index in [-0.39, 0.29) is 5.91 Å². The molecule has 1 amide bonds. The molecule has 0 bridgehead atoms. The van der Waals surface area contributed by atoms with Crippen molar-refractivity contribution in [1.82, 2.24) is 10.2 Å². The highest BCUT2D eigenvalue weighted by molar-refractivity contribution is 5.75. The third-order valence-electron chi connectivity index (χ3n) is 2.72. The first-order valence-corrected chi connectivity index (χ1v) is 6.49. The van der Waals surface area contributed by atoms with E-state index in [1.165, 1.54) is 5.56 Å². The Morgan fingerprint density at radius 1 is 1.28 bits per heavy atom. The summed E-state index contributed by atoms with van der Waals surface area (Å²) >= 11 is 0. The molecule has 0 heterocycles. The topological polar surface area (TPSA) is 58.4 Å². The Morgan fingerprint density at radius 3 is 2.61 bits per heavy atom. The molecule has 0 unspecified atom stereocenters. The molecule has 0 radical (unpaired) electrons. The van der Waals surface area contributed by atoms with Gasteiger partial charge in [-0.2, -0.15) is 0 Å². The fourth-order valence-corrected chi connectivity index (χ4v) is 1.84. The van der Waals surface area contributed by atoms with Crippen LogP contribution in [0.2, 0.25) is 0 Å². The Labute approximate surface area is 109 Å². The predicted molar refractivity (Wildman–Crippen MR) is 74.1 cm³/mol. The van der Waals surface area contributed by atoms with Gasteiger partial charge in [0.1, 0.15) is 0 Å². The minimum Gasteiger partial charge on any atom is -0.356 e. The molecule has 1 rings (SSSR count). The number of carbonyl (C=O) groups excluding carboxylic acids is 1. The van der Waals surface area contributed by atoms with Crippen LogP contribution < -0.4 is 11.1 Å². The first-order chi connectivity index (χ1) is 8.76. The van der Waals surface area contributed by atoms with Crippen molar-refractivity contribution in [3.63, 3.8) is 0 Å². The highest BCUT2D eigenvalue weighted by Gasteiger charge is 2.07. The number of nitrogens with zero attached hydrogens (tertiary/aromatic N) is 1. The second kappa shape index (κ2) is 8.66. The number of hydrogen-bond donors (Lipinski definition) is 2. The number of hydrogen-bond acceptors (Lipinski definition) is 3. The maximum atomic E-state index is 11.4. The molecular formula is C14H23N3O. The minimum atomic E-state index is 0.104. The Hall–Kier alpha value is -1.39. The van der Waals surface area contributed by atoms with Crippen molar-refractivity contribution in [2.45, 2.75) is 19.9 Å². The lowest BCUT2D eigenvalue weighted by atomic mass is 10.2. The van der Waals surface area contributed by atoms with Crippen molar-refractivity contribution in [2.75, 3.05) is 26.2 Å². The van der Waals surface area contributed by atoms with Crippen LogP contribution in [0, 0.1) is 0 Å². The van der Waals surface area contributed by atoms with Crippen LogP contribution in [0.15, 0.2) is 30.3 Å². The highest BCUT2D eigenvalue weighted by atomic mass is 16.1. The normalized spacial score (nSPS) is 10.6. The van der Waals surface area contributed by atoms with E-state index in [0.29, 0.717) is 19.5 Å². The zero-order chi connectivity index (χ0) is 13.2. The molecule has 0 fully saturated rings. The fourth-order valence-electron chi connectivity index (χ4n) is 1.84. The number of carbonyl (C=O) groups is 1. The minimum absolute atomic E-state index is 0.104. The monoisotopic (exact) mass is 249 g/mol. The Bertz CT molecular complexity index is 340. The Balaban J connectivity index is 2.42. The van der Waals surface area contributed by atoms with Crippen LogP contribution >= 0.6 is 0 Å². The van der Waals surface area contributed by atoms with Gasteiger partial charge in [-0.25, -0.2) is 0 Å². The smallest absolute Gasteiger partial charge is 0.221 e. The van der Waals surface area contributed by atoms with E-state index in [1.54, 1.807) is 0 Å². The van der Waals surface area contributed by atoms with Crippen molar-refractivity contribution in [2.24, 2.45) is 5.73 Å². The maximum absolute atomic E-state index is 11.4. The molecule has 3 N–H and O–H groups in total. The van der Waals surface area contributed by atoms with Gasteiger partial charge in [-0.15, -0.1) is 0 Å². The predicted octanol–water partition coefficient (Wildman–Crippen LogP) is 0.974. The molecule has 0 aliphatic rings. The molecule has 0 saturated carbocycles. The largest absolute Gasteiger partial charge is 0.356 e. The molecule has 0 aliphatic heterocycles. The Kier molecular flexibility index (Phi) is 7.06. The van der Waals surface area contributed by atoms with E-state index in [9.17, 15) is 4.79 Å². The Morgan fingerprint density at radius 2 is 2.00 bits per heavy atom. The quantitative estimate of drug-likeness (QED) is 0.722. The van der Waals surface area contributed by atoms with Crippen molar-refractivity contribution < 1.29 is 4.79 Å². The molecule has 100 valence electrons. The van der Waals surface area contributed by atoms with Crippen LogP contribution in [-0.4, -0.2) is 37.0 Å². The lowest BCUT2D eigenvalue weighted by Crippen LogP contribution is -2.33. The number of benzene rings is 1. The van der Waals surface area contributed by atoms with E-state index in [0.717, 1.165) is 19.6 Å². The molecule has 4 nitrogen and oxygen atoms in total. The maximum Gasteiger partial charge on any atom is 0.221 e. The van der Waals surface area contributed by atoms with Gasteiger partial charge in [0.05, 0.1) is 0 Å². The van der Waals surface area contributed by atoms with Gasteiger partial charge >= 0.3 is 0 Å². The lowest BCUT2D eigenvalue weighted by molar-refractivity contribution is -0.121. The van der Waals surface area contributed by atoms with Gasteiger partial charge < -0.3 is 11.1 Å². The summed E-state index contributed by atoms with van der Waals surface area (Å²) in [6.45, 7) is 5.64. The molecule has 1 aromatic rings. The third-order valence-corrected chi connectivity index (χ3v) is 2.72. The van der Waals surface area contributed by atoms with Gasteiger partial charge in [0.25, 0.3) is 0 Å². The van der Waals surface area contributed by atoms with Gasteiger partial charge in [0.15, 0.2) is 0 Å². The molecular weight excluding hydrogens is 226 g/mol. The fraction of sp³-hybridized carbons (Fsp3) is 0.500. The van der Waals surface area contributed by atoms with Crippen LogP contribution in [0.1, 0.15) is 18.9 Å². The van der Waals surface area contributed by atoms with Crippen LogP contribution in [0.3, 0.4) is 0 Å². The van der Waals surface area contributed by atoms with Crippen LogP contribution in [0.4, 0.5) is 0 Å². The summed E-state index contributed by atoms with van der Waals surface area (Å²) in [4.78, 5) is 13.6. The average molecular weight is 249 g/mol. The van der Waals surface area contributed by atoms with Gasteiger partial charge in [0, 0.05) is 39.1 Å². The standard InChI is InChI=1S/C14H23N3O/c1-2-16-14(18)8-10-17(11-9-15)12-13-6-4-3-5-7-13/h3-7H,2,8-12,15H2,1H3,(H,16,18). The summed E-state index contributed by atoms with van der Waals surface area (Å²) < 4.78 is 0. The number of rotatable bonds is 8. The van der Waals surface area contributed by atoms with E-state index in [2.05, 4.69) is 22.3 Å². The second-order valence-electron chi connectivity index (χ2n) is 4.25. The molecule has 1 aromatic carbocycles. The highest BCUT2D eigenvalue weighted by Crippen LogP contribution is 2.04. The molecule has 0 aromatic heterocycles. The van der Waals surface area contributed by atoms with Gasteiger partial charge in [-0.05, 0) is 12.5 Å². The van der Waals surface area contributed by atoms with Crippen LogP contribution in [-0.2, 0) is 11.3 Å². The van der Waals surface area contributed by atoms with Crippen molar-refractivity contribution >= 4 is 5.91 Å². The summed E-state index contributed by atoms with van der Waals surface area (Å²) in [5.74, 6) is 0.104. The first-order valence-electron chi connectivity index (χ1n) is 6.49. The van der Waals surface area contributed by atoms with Gasteiger partial charge in [-0.1, -0.05) is 30.3 Å². The number of nitrogens with two attached hydrogens (primary N) is 1. The van der Waals surface area contributed by atoms with E-state index < -0.39 is 0 Å². The first kappa shape index (κ1) is 14.7. The number of amides is 1. The molecule has 0 saturated heterocycles. The van der Waals surface area contributed by atoms with Crippen molar-refractivity contribution in [1.29, 1.82) is 0 Å². The zero-order valence-corrected chi connectivity index (χ0v) is 11.1. The molecule has 0 aliphatic carbocycles. The van der Waals surface area contributed by atoms with Gasteiger partial charge in [0.2, 0.25) is 5.91 Å². The van der Waals surface area contributed by atoms with E-state index in [4.69, 9.17) is 5.73 Å². The summed E-state index contributed by atoms with van der Waals surface area (Å²) in [7, 11) is 0. The summed E-state index contributed by atoms with van der Waals surface area (Å²) in [6, 6.07) is 10.2. The molecule has 18 heavy (non-hydrogen) atoms. The van der Waals surface area contributed by atoms with E-state index >= 15 is 0 Å². The third kappa shape index (κ3) is 5.80. The van der Waals surface area contributed by atoms with Crippen LogP contribution in [0.5, 0.6) is 0 Å². The molecule has 0 atom stereocenters. The molecule has 0 spiro atoms. The molecule has 4 heteroatoms. The number of nitrogens with one attached hydrogen (secondary N) is 1. The van der Waals surface area contributed by atoms with Crippen molar-refractivity contribution in [3.8, 4) is 0 Å². The van der Waals surface area contributed by atoms with E-state index in [1.807, 2.05) is 25.1 Å². The van der Waals surface area contributed by atoms with Crippen LogP contribution in [0.25, 0.3) is 0 Å². The lowest BCUT2D eigenvalue weighted by Gasteiger charge is -2.21. The average Bonchev–Trinajstić information content (AvgIpc) is 2.38. The van der Waals surface area contributed by atoms with Gasteiger partial charge in [-0.3, -0.25) is 9.69 Å². The summed E-state index contributed by atoms with van der Waals surface area (Å²) in [6.07, 6.45) is 0.528. The van der Waals surface area contributed by atoms with Crippen molar-refractivity contribution in [3.05, 3.63) is 35.9 Å². The summed E-state index contributed by atoms with van der Waals surface area (Å²) in [5, 5.41) is 2.81. The zero-order valence-electron chi connectivity index (χ0n) is 11.1.